The minimum atomic E-state index is -2.22. The molecule has 0 saturated heterocycles. The molecule has 0 fully saturated rings. The van der Waals surface area contributed by atoms with Crippen molar-refractivity contribution in [1.82, 2.24) is 0 Å². The van der Waals surface area contributed by atoms with Crippen LogP contribution < -0.4 is 3.58 Å². The Balaban J connectivity index is 2.50. The van der Waals surface area contributed by atoms with Gasteiger partial charge in [-0.15, -0.1) is 0 Å². The second-order valence-corrected chi connectivity index (χ2v) is 21.4. The predicted molar refractivity (Wildman–Crippen MR) is 120 cm³/mol. The summed E-state index contributed by atoms with van der Waals surface area (Å²) in [6.45, 7) is 5.08. The van der Waals surface area contributed by atoms with Crippen molar-refractivity contribution < 1.29 is 5.11 Å². The number of hydrogen-bond acceptors (Lipinski definition) is 1. The fourth-order valence-electron chi connectivity index (χ4n) is 4.27. The summed E-state index contributed by atoms with van der Waals surface area (Å²) in [4.78, 5) is 0. The second-order valence-electron chi connectivity index (χ2n) is 8.16. The minimum absolute atomic E-state index is 0.365. The summed E-state index contributed by atoms with van der Waals surface area (Å²) in [5.74, 6) is 0. The Morgan fingerprint density at radius 2 is 1.08 bits per heavy atom. The van der Waals surface area contributed by atoms with Crippen LogP contribution in [0.15, 0.2) is 30.3 Å². The number of aliphatic hydroxyl groups is 1. The number of unbranched alkanes of at least 4 members (excludes halogenated alkanes) is 9. The molecule has 0 spiro atoms. The molecule has 0 aromatic heterocycles. The zero-order chi connectivity index (χ0) is 18.9. The van der Waals surface area contributed by atoms with Gasteiger partial charge in [0, 0.05) is 0 Å². The van der Waals surface area contributed by atoms with E-state index in [2.05, 4.69) is 44.2 Å². The van der Waals surface area contributed by atoms with Crippen LogP contribution in [0.5, 0.6) is 0 Å². The SMILES string of the molecule is CCC[CH2][Sn]([CH2]CCC)([CH2]CCCCCCCCCO)[c]1ccccc1. The van der Waals surface area contributed by atoms with Gasteiger partial charge in [0.2, 0.25) is 0 Å². The third-order valence-electron chi connectivity index (χ3n) is 5.97. The van der Waals surface area contributed by atoms with Crippen molar-refractivity contribution >= 4 is 22.0 Å². The molecular formula is C24H44OSn. The van der Waals surface area contributed by atoms with E-state index in [9.17, 15) is 0 Å². The van der Waals surface area contributed by atoms with Gasteiger partial charge >= 0.3 is 168 Å². The van der Waals surface area contributed by atoms with Gasteiger partial charge in [-0.1, -0.05) is 0 Å². The summed E-state index contributed by atoms with van der Waals surface area (Å²) in [6, 6.07) is 11.7. The number of hydrogen-bond donors (Lipinski definition) is 1. The van der Waals surface area contributed by atoms with E-state index in [4.69, 9.17) is 5.11 Å². The van der Waals surface area contributed by atoms with Gasteiger partial charge in [-0.3, -0.25) is 0 Å². The molecule has 0 heterocycles. The molecule has 1 aromatic carbocycles. The van der Waals surface area contributed by atoms with Gasteiger partial charge in [0.15, 0.2) is 0 Å². The summed E-state index contributed by atoms with van der Waals surface area (Å²) in [6.07, 6.45) is 16.2. The maximum absolute atomic E-state index is 8.84. The predicted octanol–water partition coefficient (Wildman–Crippen LogP) is 7.06. The molecule has 0 aliphatic heterocycles. The van der Waals surface area contributed by atoms with Gasteiger partial charge in [0.1, 0.15) is 0 Å². The summed E-state index contributed by atoms with van der Waals surface area (Å²) >= 11 is -2.22. The molecule has 1 rings (SSSR count). The summed E-state index contributed by atoms with van der Waals surface area (Å²) in [5.41, 5.74) is 0. The Hall–Kier alpha value is -0.0213. The Bertz CT molecular complexity index is 409. The van der Waals surface area contributed by atoms with Crippen LogP contribution in [0, 0.1) is 0 Å². The van der Waals surface area contributed by atoms with E-state index in [1.54, 1.807) is 16.9 Å². The summed E-state index contributed by atoms with van der Waals surface area (Å²) in [5, 5.41) is 8.84. The van der Waals surface area contributed by atoms with E-state index in [0.717, 1.165) is 6.42 Å². The fraction of sp³-hybridized carbons (Fsp3) is 0.750. The number of rotatable bonds is 17. The van der Waals surface area contributed by atoms with Crippen molar-refractivity contribution in [2.75, 3.05) is 6.61 Å². The molecule has 150 valence electrons. The molecular weight excluding hydrogens is 423 g/mol. The van der Waals surface area contributed by atoms with Gasteiger partial charge in [0.25, 0.3) is 0 Å². The van der Waals surface area contributed by atoms with Crippen molar-refractivity contribution in [3.8, 4) is 0 Å². The van der Waals surface area contributed by atoms with Crippen molar-refractivity contribution in [2.24, 2.45) is 0 Å². The topological polar surface area (TPSA) is 20.2 Å². The molecule has 0 aliphatic carbocycles. The monoisotopic (exact) mass is 468 g/mol. The first kappa shape index (κ1) is 24.0. The third-order valence-corrected chi connectivity index (χ3v) is 21.6. The molecule has 0 aliphatic rings. The summed E-state index contributed by atoms with van der Waals surface area (Å²) in [7, 11) is 0. The van der Waals surface area contributed by atoms with Crippen LogP contribution in [-0.4, -0.2) is 30.1 Å². The van der Waals surface area contributed by atoms with Crippen molar-refractivity contribution in [2.45, 2.75) is 104 Å². The van der Waals surface area contributed by atoms with E-state index in [1.165, 1.54) is 70.6 Å². The quantitative estimate of drug-likeness (QED) is 0.192. The van der Waals surface area contributed by atoms with Gasteiger partial charge in [-0.25, -0.2) is 0 Å². The third kappa shape index (κ3) is 9.78. The molecule has 26 heavy (non-hydrogen) atoms. The van der Waals surface area contributed by atoms with Crippen molar-refractivity contribution in [1.29, 1.82) is 0 Å². The van der Waals surface area contributed by atoms with Crippen LogP contribution >= 0.6 is 0 Å². The van der Waals surface area contributed by atoms with Crippen LogP contribution in [0.3, 0.4) is 0 Å². The molecule has 0 bridgehead atoms. The first-order valence-corrected chi connectivity index (χ1v) is 18.9. The molecule has 1 aromatic rings. The molecule has 0 atom stereocenters. The number of aliphatic hydroxyl groups excluding tert-OH is 1. The molecule has 0 unspecified atom stereocenters. The van der Waals surface area contributed by atoms with E-state index in [1.807, 2.05) is 0 Å². The first-order valence-electron chi connectivity index (χ1n) is 11.5. The van der Waals surface area contributed by atoms with E-state index in [0.29, 0.717) is 6.61 Å². The van der Waals surface area contributed by atoms with Crippen LogP contribution in [0.4, 0.5) is 0 Å². The zero-order valence-electron chi connectivity index (χ0n) is 17.6. The van der Waals surface area contributed by atoms with Crippen LogP contribution in [-0.2, 0) is 0 Å². The van der Waals surface area contributed by atoms with E-state index >= 15 is 0 Å². The normalized spacial score (nSPS) is 11.8. The first-order chi connectivity index (χ1) is 12.8. The molecule has 2 heteroatoms. The van der Waals surface area contributed by atoms with Crippen LogP contribution in [0.2, 0.25) is 13.3 Å². The molecule has 1 nitrogen and oxygen atoms in total. The Kier molecular flexibility index (Phi) is 14.8. The molecule has 0 radical (unpaired) electrons. The molecule has 0 saturated carbocycles. The zero-order valence-corrected chi connectivity index (χ0v) is 20.5. The fourth-order valence-corrected chi connectivity index (χ4v) is 20.0. The second kappa shape index (κ2) is 16.0. The van der Waals surface area contributed by atoms with Gasteiger partial charge < -0.3 is 0 Å². The van der Waals surface area contributed by atoms with E-state index in [-0.39, 0.29) is 0 Å². The Morgan fingerprint density at radius 3 is 1.58 bits per heavy atom. The van der Waals surface area contributed by atoms with E-state index < -0.39 is 18.4 Å². The van der Waals surface area contributed by atoms with Crippen molar-refractivity contribution in [3.05, 3.63) is 30.3 Å². The number of benzene rings is 1. The van der Waals surface area contributed by atoms with Gasteiger partial charge in [-0.05, 0) is 0 Å². The van der Waals surface area contributed by atoms with Crippen LogP contribution in [0.25, 0.3) is 0 Å². The summed E-state index contributed by atoms with van der Waals surface area (Å²) < 4.78 is 6.50. The molecule has 1 N–H and O–H groups in total. The van der Waals surface area contributed by atoms with Gasteiger partial charge in [0.05, 0.1) is 0 Å². The Morgan fingerprint density at radius 1 is 0.615 bits per heavy atom. The molecule has 0 amide bonds. The van der Waals surface area contributed by atoms with Crippen molar-refractivity contribution in [3.63, 3.8) is 0 Å². The average molecular weight is 467 g/mol. The average Bonchev–Trinajstić information content (AvgIpc) is 2.69. The standard InChI is InChI=1S/C10H21O.C6H5.2C4H9.Sn/c1-2-3-4-5-6-7-8-9-10-11;1-2-4-6-5-3-1;2*1-3-4-2;/h11H,1-10H2;1-5H;2*1,3-4H2,2H3;. The van der Waals surface area contributed by atoms with Gasteiger partial charge in [-0.2, -0.15) is 0 Å². The Labute approximate surface area is 167 Å². The van der Waals surface area contributed by atoms with Crippen LogP contribution in [0.1, 0.15) is 90.9 Å². The maximum atomic E-state index is 8.84.